The van der Waals surface area contributed by atoms with E-state index in [0.717, 1.165) is 16.7 Å². The Balaban J connectivity index is 2.43. The zero-order valence-electron chi connectivity index (χ0n) is 29.0. The number of hydrogen-bond donors (Lipinski definition) is 0. The van der Waals surface area contributed by atoms with Gasteiger partial charge >= 0.3 is 11.9 Å². The second kappa shape index (κ2) is 17.4. The summed E-state index contributed by atoms with van der Waals surface area (Å²) < 4.78 is 28.6. The lowest BCUT2D eigenvalue weighted by Crippen LogP contribution is -2.25. The lowest BCUT2D eigenvalue weighted by Gasteiger charge is -2.23. The van der Waals surface area contributed by atoms with Crippen LogP contribution in [0.3, 0.4) is 0 Å². The van der Waals surface area contributed by atoms with Crippen molar-refractivity contribution in [1.29, 1.82) is 0 Å². The zero-order chi connectivity index (χ0) is 34.5. The zero-order valence-corrected chi connectivity index (χ0v) is 29.0. The van der Waals surface area contributed by atoms with Crippen molar-refractivity contribution in [2.45, 2.75) is 88.2 Å². The molecule has 0 aliphatic heterocycles. The van der Waals surface area contributed by atoms with E-state index in [4.69, 9.17) is 23.7 Å². The smallest absolute Gasteiger partial charge is 0.314 e. The summed E-state index contributed by atoms with van der Waals surface area (Å²) in [6, 6.07) is 8.57. The van der Waals surface area contributed by atoms with Crippen LogP contribution in [0, 0.1) is 10.8 Å². The average Bonchev–Trinajstić information content (AvgIpc) is 2.98. The predicted octanol–water partition coefficient (Wildman–Crippen LogP) is 8.46. The van der Waals surface area contributed by atoms with Gasteiger partial charge in [-0.05, 0) is 130 Å². The maximum atomic E-state index is 13.2. The molecule has 46 heavy (non-hydrogen) atoms. The third kappa shape index (κ3) is 11.9. The molecule has 2 aromatic rings. The summed E-state index contributed by atoms with van der Waals surface area (Å²) in [5, 5.41) is 0. The lowest BCUT2D eigenvalue weighted by molar-refractivity contribution is -0.160. The SMILES string of the molecule is C/C=C/Cc1cc(/C=C/C(=O)c2ccc(OCOC(=O)C(C)(C)C)cc2)c(OC(C)C)c(C/C=C/C)c1OCOC(=O)C(C)(C)C. The van der Waals surface area contributed by atoms with Gasteiger partial charge in [-0.15, -0.1) is 0 Å². The van der Waals surface area contributed by atoms with E-state index in [0.29, 0.717) is 35.7 Å². The van der Waals surface area contributed by atoms with Crippen LogP contribution in [-0.2, 0) is 31.9 Å². The number of benzene rings is 2. The van der Waals surface area contributed by atoms with Crippen molar-refractivity contribution in [2.24, 2.45) is 10.8 Å². The van der Waals surface area contributed by atoms with Crippen LogP contribution in [-0.4, -0.2) is 37.4 Å². The highest BCUT2D eigenvalue weighted by molar-refractivity contribution is 6.07. The van der Waals surface area contributed by atoms with Gasteiger partial charge in [-0.3, -0.25) is 14.4 Å². The molecular formula is C38H50O8. The largest absolute Gasteiger partial charge is 0.490 e. The van der Waals surface area contributed by atoms with Crippen molar-refractivity contribution in [3.05, 3.63) is 83.0 Å². The molecule has 2 rings (SSSR count). The van der Waals surface area contributed by atoms with Gasteiger partial charge < -0.3 is 23.7 Å². The molecule has 8 nitrogen and oxygen atoms in total. The number of carbonyl (C=O) groups excluding carboxylic acids is 3. The molecule has 0 fully saturated rings. The summed E-state index contributed by atoms with van der Waals surface area (Å²) in [6.07, 6.45) is 12.1. The maximum absolute atomic E-state index is 13.2. The van der Waals surface area contributed by atoms with Gasteiger partial charge in [0.15, 0.2) is 5.78 Å². The minimum absolute atomic E-state index is 0.157. The fourth-order valence-corrected chi connectivity index (χ4v) is 3.99. The van der Waals surface area contributed by atoms with Crippen LogP contribution in [0.5, 0.6) is 17.2 Å². The topological polar surface area (TPSA) is 97.4 Å². The van der Waals surface area contributed by atoms with E-state index in [1.807, 2.05) is 58.1 Å². The maximum Gasteiger partial charge on any atom is 0.314 e. The molecule has 250 valence electrons. The first kappa shape index (κ1) is 37.9. The highest BCUT2D eigenvalue weighted by Gasteiger charge is 2.25. The van der Waals surface area contributed by atoms with Gasteiger partial charge in [-0.1, -0.05) is 24.3 Å². The third-order valence-corrected chi connectivity index (χ3v) is 6.50. The molecule has 0 aromatic heterocycles. The van der Waals surface area contributed by atoms with Gasteiger partial charge in [0, 0.05) is 16.7 Å². The monoisotopic (exact) mass is 634 g/mol. The lowest BCUT2D eigenvalue weighted by atomic mass is 9.96. The first-order valence-electron chi connectivity index (χ1n) is 15.6. The molecule has 2 aromatic carbocycles. The van der Waals surface area contributed by atoms with Gasteiger partial charge in [0.1, 0.15) is 17.2 Å². The summed E-state index contributed by atoms with van der Waals surface area (Å²) >= 11 is 0. The van der Waals surface area contributed by atoms with E-state index >= 15 is 0 Å². The summed E-state index contributed by atoms with van der Waals surface area (Å²) in [5.74, 6) is 0.712. The molecule has 0 unspecified atom stereocenters. The summed E-state index contributed by atoms with van der Waals surface area (Å²) in [7, 11) is 0. The molecule has 0 aliphatic carbocycles. The highest BCUT2D eigenvalue weighted by Crippen LogP contribution is 2.39. The molecule has 0 bridgehead atoms. The highest BCUT2D eigenvalue weighted by atomic mass is 16.7. The van der Waals surface area contributed by atoms with E-state index in [9.17, 15) is 14.4 Å². The van der Waals surface area contributed by atoms with Crippen LogP contribution in [0.4, 0.5) is 0 Å². The molecule has 0 amide bonds. The van der Waals surface area contributed by atoms with Crippen LogP contribution in [0.15, 0.2) is 60.7 Å². The van der Waals surface area contributed by atoms with Crippen molar-refractivity contribution < 1.29 is 38.1 Å². The summed E-state index contributed by atoms with van der Waals surface area (Å²) in [4.78, 5) is 37.6. The fraction of sp³-hybridized carbons (Fsp3) is 0.447. The quantitative estimate of drug-likeness (QED) is 0.0633. The predicted molar refractivity (Wildman–Crippen MR) is 181 cm³/mol. The minimum Gasteiger partial charge on any atom is -0.490 e. The number of esters is 2. The van der Waals surface area contributed by atoms with Crippen LogP contribution >= 0.6 is 0 Å². The van der Waals surface area contributed by atoms with Gasteiger partial charge in [0.25, 0.3) is 0 Å². The molecular weight excluding hydrogens is 584 g/mol. The van der Waals surface area contributed by atoms with Crippen molar-refractivity contribution >= 4 is 23.8 Å². The number of hydrogen-bond acceptors (Lipinski definition) is 8. The van der Waals surface area contributed by atoms with Gasteiger partial charge in [0.05, 0.1) is 16.9 Å². The van der Waals surface area contributed by atoms with E-state index in [1.165, 1.54) is 6.08 Å². The minimum atomic E-state index is -0.660. The van der Waals surface area contributed by atoms with E-state index in [1.54, 1.807) is 71.9 Å². The Morgan fingerprint density at radius 2 is 1.30 bits per heavy atom. The number of ether oxygens (including phenoxy) is 5. The number of rotatable bonds is 15. The Labute approximate surface area is 274 Å². The van der Waals surface area contributed by atoms with E-state index in [2.05, 4.69) is 0 Å². The summed E-state index contributed by atoms with van der Waals surface area (Å²) in [5.41, 5.74) is 1.56. The van der Waals surface area contributed by atoms with Gasteiger partial charge in [-0.25, -0.2) is 0 Å². The molecule has 8 heteroatoms. The molecule has 0 saturated heterocycles. The molecule has 0 saturated carbocycles. The first-order chi connectivity index (χ1) is 21.6. The van der Waals surface area contributed by atoms with E-state index in [-0.39, 0.29) is 37.4 Å². The molecule has 0 heterocycles. The molecule has 0 spiro atoms. The molecule has 0 aliphatic rings. The Morgan fingerprint density at radius 1 is 0.761 bits per heavy atom. The van der Waals surface area contributed by atoms with E-state index < -0.39 is 10.8 Å². The molecule has 0 atom stereocenters. The van der Waals surface area contributed by atoms with Crippen LogP contribution < -0.4 is 14.2 Å². The third-order valence-electron chi connectivity index (χ3n) is 6.50. The fourth-order valence-electron chi connectivity index (χ4n) is 3.99. The Morgan fingerprint density at radius 3 is 1.83 bits per heavy atom. The van der Waals surface area contributed by atoms with Crippen LogP contribution in [0.1, 0.15) is 96.3 Å². The number of ketones is 1. The Bertz CT molecular complexity index is 1410. The Hall–Kier alpha value is -4.33. The number of carbonyl (C=O) groups is 3. The normalized spacial score (nSPS) is 12.2. The number of allylic oxidation sites excluding steroid dienone is 5. The second-order valence-corrected chi connectivity index (χ2v) is 13.1. The molecule has 0 N–H and O–H groups in total. The first-order valence-corrected chi connectivity index (χ1v) is 15.6. The van der Waals surface area contributed by atoms with Crippen molar-refractivity contribution in [3.8, 4) is 17.2 Å². The average molecular weight is 635 g/mol. The standard InChI is InChI=1S/C38H50O8/c1-11-13-15-28-23-29(19-22-32(39)27-17-20-30(21-18-27)42-24-44-35(40)37(5,6)7)34(46-26(3)4)31(16-14-12-2)33(28)43-25-45-36(41)38(8,9)10/h11-14,17-23,26H,15-16,24-25H2,1-10H3/b13-11+,14-12+,22-19+. The van der Waals surface area contributed by atoms with Crippen molar-refractivity contribution in [3.63, 3.8) is 0 Å². The Kier molecular flexibility index (Phi) is 14.3. The second-order valence-electron chi connectivity index (χ2n) is 13.1. The van der Waals surface area contributed by atoms with Gasteiger partial charge in [-0.2, -0.15) is 0 Å². The van der Waals surface area contributed by atoms with Crippen molar-refractivity contribution in [2.75, 3.05) is 13.6 Å². The van der Waals surface area contributed by atoms with Crippen LogP contribution in [0.2, 0.25) is 0 Å². The van der Waals surface area contributed by atoms with Crippen molar-refractivity contribution in [1.82, 2.24) is 0 Å². The van der Waals surface area contributed by atoms with Crippen LogP contribution in [0.25, 0.3) is 6.08 Å². The molecule has 0 radical (unpaired) electrons. The van der Waals surface area contributed by atoms with Gasteiger partial charge in [0.2, 0.25) is 13.6 Å². The summed E-state index contributed by atoms with van der Waals surface area (Å²) in [6.45, 7) is 18.0.